The third-order valence-corrected chi connectivity index (χ3v) is 8.97. The molecule has 45 heavy (non-hydrogen) atoms. The smallest absolute Gasteiger partial charge is 0.550 e. The first kappa shape index (κ1) is 48.5. The number of carboxylic acids is 2. The van der Waals surface area contributed by atoms with E-state index < -0.39 is 11.9 Å². The summed E-state index contributed by atoms with van der Waals surface area (Å²) in [6.07, 6.45) is 45.6. The summed E-state index contributed by atoms with van der Waals surface area (Å²) in [5, 5.41) is 20.5. The third-order valence-electron chi connectivity index (χ3n) is 8.97. The van der Waals surface area contributed by atoms with Crippen LogP contribution in [0.5, 0.6) is 0 Å². The van der Waals surface area contributed by atoms with Gasteiger partial charge in [-0.2, -0.15) is 0 Å². The second kappa shape index (κ2) is 45.2. The molecule has 0 atom stereocenters. The van der Waals surface area contributed by atoms with Gasteiger partial charge in [-0.25, -0.2) is 0 Å². The fourth-order valence-electron chi connectivity index (χ4n) is 5.99. The zero-order valence-electron chi connectivity index (χ0n) is 30.8. The molecular formula is C40H78BeO4. The first-order valence-corrected chi connectivity index (χ1v) is 19.9. The van der Waals surface area contributed by atoms with E-state index in [1.807, 2.05) is 0 Å². The van der Waals surface area contributed by atoms with Crippen molar-refractivity contribution in [2.45, 2.75) is 245 Å². The van der Waals surface area contributed by atoms with Crippen LogP contribution in [0.1, 0.15) is 245 Å². The largest absolute Gasteiger partial charge is 2.00 e. The Bertz CT molecular complexity index is 506. The average molecular weight is 632 g/mol. The third kappa shape index (κ3) is 52.9. The predicted octanol–water partition coefficient (Wildman–Crippen LogP) is 11.2. The summed E-state index contributed by atoms with van der Waals surface area (Å²) in [4.78, 5) is 20.5. The maximum absolute atomic E-state index is 10.2. The summed E-state index contributed by atoms with van der Waals surface area (Å²) < 4.78 is 0. The molecule has 0 aromatic carbocycles. The van der Waals surface area contributed by atoms with E-state index in [2.05, 4.69) is 13.8 Å². The Morgan fingerprint density at radius 1 is 0.289 bits per heavy atom. The first-order chi connectivity index (χ1) is 21.5. The van der Waals surface area contributed by atoms with E-state index in [4.69, 9.17) is 0 Å². The molecule has 0 aliphatic carbocycles. The maximum Gasteiger partial charge on any atom is 2.00 e. The average Bonchev–Trinajstić information content (AvgIpc) is 3.00. The molecule has 0 unspecified atom stereocenters. The monoisotopic (exact) mass is 632 g/mol. The Balaban J connectivity index is -0.000000767. The minimum atomic E-state index is -0.902. The molecule has 5 heteroatoms. The second-order valence-corrected chi connectivity index (χ2v) is 13.6. The first-order valence-electron chi connectivity index (χ1n) is 19.9. The summed E-state index contributed by atoms with van der Waals surface area (Å²) in [5.41, 5.74) is 0. The van der Waals surface area contributed by atoms with E-state index >= 15 is 0 Å². The Morgan fingerprint density at radius 2 is 0.422 bits per heavy atom. The molecule has 0 aliphatic heterocycles. The van der Waals surface area contributed by atoms with Crippen molar-refractivity contribution in [1.82, 2.24) is 0 Å². The van der Waals surface area contributed by atoms with Gasteiger partial charge in [-0.3, -0.25) is 0 Å². The normalized spacial score (nSPS) is 10.7. The molecule has 0 bridgehead atoms. The van der Waals surface area contributed by atoms with Crippen LogP contribution in [0.25, 0.3) is 0 Å². The van der Waals surface area contributed by atoms with Crippen LogP contribution in [-0.4, -0.2) is 22.1 Å². The van der Waals surface area contributed by atoms with Crippen molar-refractivity contribution in [2.75, 3.05) is 0 Å². The van der Waals surface area contributed by atoms with Crippen molar-refractivity contribution in [2.24, 2.45) is 0 Å². The van der Waals surface area contributed by atoms with E-state index in [-0.39, 0.29) is 23.0 Å². The number of carbonyl (C=O) groups excluding carboxylic acids is 2. The number of rotatable bonds is 36. The summed E-state index contributed by atoms with van der Waals surface area (Å²) in [5.74, 6) is -1.80. The summed E-state index contributed by atoms with van der Waals surface area (Å²) >= 11 is 0. The van der Waals surface area contributed by atoms with E-state index in [0.717, 1.165) is 25.7 Å². The van der Waals surface area contributed by atoms with Gasteiger partial charge in [0.2, 0.25) is 0 Å². The summed E-state index contributed by atoms with van der Waals surface area (Å²) in [7, 11) is 0. The van der Waals surface area contributed by atoms with Crippen LogP contribution in [0, 0.1) is 0 Å². The molecule has 0 radical (unpaired) electrons. The van der Waals surface area contributed by atoms with Crippen molar-refractivity contribution >= 4 is 22.1 Å². The fourth-order valence-corrected chi connectivity index (χ4v) is 5.99. The molecule has 264 valence electrons. The van der Waals surface area contributed by atoms with Gasteiger partial charge in [0, 0.05) is 11.9 Å². The van der Waals surface area contributed by atoms with E-state index in [1.165, 1.54) is 193 Å². The van der Waals surface area contributed by atoms with Gasteiger partial charge in [0.05, 0.1) is 0 Å². The van der Waals surface area contributed by atoms with E-state index in [1.54, 1.807) is 0 Å². The minimum Gasteiger partial charge on any atom is -0.550 e. The molecule has 0 amide bonds. The van der Waals surface area contributed by atoms with Crippen molar-refractivity contribution in [3.8, 4) is 0 Å². The Morgan fingerprint density at radius 3 is 0.556 bits per heavy atom. The van der Waals surface area contributed by atoms with Crippen molar-refractivity contribution in [3.05, 3.63) is 0 Å². The predicted molar refractivity (Wildman–Crippen MR) is 193 cm³/mol. The molecule has 0 fully saturated rings. The van der Waals surface area contributed by atoms with Crippen molar-refractivity contribution in [3.63, 3.8) is 0 Å². The molecule has 4 nitrogen and oxygen atoms in total. The van der Waals surface area contributed by atoms with Gasteiger partial charge in [-0.05, 0) is 25.7 Å². The van der Waals surface area contributed by atoms with Crippen LogP contribution in [0.2, 0.25) is 0 Å². The van der Waals surface area contributed by atoms with Crippen LogP contribution < -0.4 is 10.2 Å². The summed E-state index contributed by atoms with van der Waals surface area (Å²) in [6, 6.07) is 0. The summed E-state index contributed by atoms with van der Waals surface area (Å²) in [6.45, 7) is 4.55. The minimum absolute atomic E-state index is 0. The molecule has 0 aromatic heterocycles. The molecule has 0 N–H and O–H groups in total. The van der Waals surface area contributed by atoms with Crippen molar-refractivity contribution in [1.29, 1.82) is 0 Å². The van der Waals surface area contributed by atoms with Gasteiger partial charge in [0.15, 0.2) is 0 Å². The van der Waals surface area contributed by atoms with Gasteiger partial charge < -0.3 is 19.8 Å². The fraction of sp³-hybridized carbons (Fsp3) is 0.950. The Hall–Kier alpha value is -0.891. The molecule has 0 saturated carbocycles. The number of carboxylic acid groups (broad SMARTS) is 2. The molecule has 0 rings (SSSR count). The zero-order valence-corrected chi connectivity index (χ0v) is 30.8. The van der Waals surface area contributed by atoms with Crippen LogP contribution in [0.4, 0.5) is 0 Å². The SMILES string of the molecule is CCCCCCCCCCCCCCCCCCCC(=O)[O-].CCCCCCCCCCCCCCCCCCCC(=O)[O-].[Be+2]. The van der Waals surface area contributed by atoms with Crippen molar-refractivity contribution < 1.29 is 19.8 Å². The standard InChI is InChI=1S/2C20H40O2.Be/c2*1-2-3-4-5-6-7-8-9-10-11-12-13-14-15-16-17-18-19-20(21)22;/h2*2-19H2,1H3,(H,21,22);/q;;+2/p-2. The maximum atomic E-state index is 10.2. The number of carbonyl (C=O) groups is 2. The van der Waals surface area contributed by atoms with Gasteiger partial charge in [0.1, 0.15) is 0 Å². The molecule has 0 spiro atoms. The van der Waals surface area contributed by atoms with Gasteiger partial charge in [-0.15, -0.1) is 0 Å². The molecule has 0 heterocycles. The molecule has 0 aromatic rings. The van der Waals surface area contributed by atoms with Crippen LogP contribution in [0.15, 0.2) is 0 Å². The molecule has 0 aliphatic rings. The Labute approximate surface area is 286 Å². The number of hydrogen-bond acceptors (Lipinski definition) is 4. The van der Waals surface area contributed by atoms with E-state index in [0.29, 0.717) is 0 Å². The zero-order chi connectivity index (χ0) is 32.6. The molecule has 0 saturated heterocycles. The van der Waals surface area contributed by atoms with Gasteiger partial charge in [0.25, 0.3) is 0 Å². The number of aliphatic carboxylic acids is 2. The van der Waals surface area contributed by atoms with Crippen LogP contribution in [0.3, 0.4) is 0 Å². The van der Waals surface area contributed by atoms with Crippen LogP contribution in [-0.2, 0) is 9.59 Å². The Kier molecular flexibility index (Phi) is 48.8. The van der Waals surface area contributed by atoms with Crippen LogP contribution >= 0.6 is 0 Å². The van der Waals surface area contributed by atoms with E-state index in [9.17, 15) is 19.8 Å². The van der Waals surface area contributed by atoms with Gasteiger partial charge in [-0.1, -0.05) is 219 Å². The quantitative estimate of drug-likeness (QED) is 0.0509. The molecular weight excluding hydrogens is 553 g/mol. The topological polar surface area (TPSA) is 80.3 Å². The number of unbranched alkanes of at least 4 members (excludes halogenated alkanes) is 32. The number of hydrogen-bond donors (Lipinski definition) is 0. The van der Waals surface area contributed by atoms with Gasteiger partial charge >= 0.3 is 10.1 Å². The second-order valence-electron chi connectivity index (χ2n) is 13.6.